The predicted molar refractivity (Wildman–Crippen MR) is 353 cm³/mol. The second-order valence-electron chi connectivity index (χ2n) is 26.1. The molecule has 0 saturated carbocycles. The highest BCUT2D eigenvalue weighted by molar-refractivity contribution is 5.70. The molecule has 0 amide bonds. The van der Waals surface area contributed by atoms with E-state index >= 15 is 0 Å². The van der Waals surface area contributed by atoms with E-state index in [9.17, 15) is 19.2 Å². The number of carbonyl (C=O) groups is 4. The summed E-state index contributed by atoms with van der Waals surface area (Å²) in [7, 11) is 0. The molecule has 0 spiro atoms. The fraction of sp³-hybridized carbons (Fsp3) is 0.946. The Hall–Kier alpha value is -2.12. The van der Waals surface area contributed by atoms with Crippen molar-refractivity contribution in [2.45, 2.75) is 402 Å². The highest BCUT2D eigenvalue weighted by atomic mass is 16.5. The van der Waals surface area contributed by atoms with Gasteiger partial charge in [-0.05, 0) is 75.0 Å². The maximum Gasteiger partial charge on any atom is 0.306 e. The van der Waals surface area contributed by atoms with Crippen LogP contribution >= 0.6 is 0 Å². The molecule has 0 saturated heterocycles. The van der Waals surface area contributed by atoms with Crippen molar-refractivity contribution in [1.82, 2.24) is 0 Å². The molecular weight excluding hydrogens is 1020 g/mol. The van der Waals surface area contributed by atoms with Crippen molar-refractivity contribution < 1.29 is 38.1 Å². The lowest BCUT2D eigenvalue weighted by Crippen LogP contribution is -2.12. The molecule has 8 nitrogen and oxygen atoms in total. The van der Waals surface area contributed by atoms with E-state index < -0.39 is 0 Å². The second-order valence-corrected chi connectivity index (χ2v) is 26.1. The predicted octanol–water partition coefficient (Wildman–Crippen LogP) is 23.8. The smallest absolute Gasteiger partial charge is 0.306 e. The SMILES string of the molecule is CCC(CCCCCCCCCCCCCCCC(=O)OCCCCCC(C)C)CC(=O)OCCCCCC(C)C.CCCCCCCCOC(=O)CCCCCCCCCCCCCCCC(CC)CC(=O)OCCCCCCCC. The van der Waals surface area contributed by atoms with E-state index in [-0.39, 0.29) is 23.9 Å². The number of rotatable bonds is 64. The zero-order valence-corrected chi connectivity index (χ0v) is 56.6. The van der Waals surface area contributed by atoms with Crippen LogP contribution in [0.5, 0.6) is 0 Å². The Labute approximate surface area is 511 Å². The summed E-state index contributed by atoms with van der Waals surface area (Å²) in [6.45, 7) is 20.4. The molecule has 0 aromatic carbocycles. The molecule has 0 N–H and O–H groups in total. The molecule has 0 aliphatic heterocycles. The zero-order valence-electron chi connectivity index (χ0n) is 56.6. The van der Waals surface area contributed by atoms with Crippen molar-refractivity contribution >= 4 is 23.9 Å². The Balaban J connectivity index is 0. The molecule has 2 unspecified atom stereocenters. The van der Waals surface area contributed by atoms with Gasteiger partial charge < -0.3 is 18.9 Å². The van der Waals surface area contributed by atoms with Gasteiger partial charge in [0.05, 0.1) is 26.4 Å². The fourth-order valence-electron chi connectivity index (χ4n) is 11.1. The zero-order chi connectivity index (χ0) is 60.5. The first-order valence-electron chi connectivity index (χ1n) is 36.6. The van der Waals surface area contributed by atoms with Crippen molar-refractivity contribution in [2.24, 2.45) is 23.7 Å². The molecule has 8 heteroatoms. The molecule has 488 valence electrons. The lowest BCUT2D eigenvalue weighted by Gasteiger charge is -2.14. The molecular formula is C74H144O8. The molecule has 0 aromatic rings. The Morgan fingerprint density at radius 3 is 0.707 bits per heavy atom. The number of hydrogen-bond donors (Lipinski definition) is 0. The average molecular weight is 1160 g/mol. The van der Waals surface area contributed by atoms with Crippen LogP contribution in [0.1, 0.15) is 402 Å². The summed E-state index contributed by atoms with van der Waals surface area (Å²) in [4.78, 5) is 47.9. The lowest BCUT2D eigenvalue weighted by molar-refractivity contribution is -0.146. The van der Waals surface area contributed by atoms with E-state index in [1.165, 1.54) is 257 Å². The van der Waals surface area contributed by atoms with Crippen LogP contribution in [-0.2, 0) is 38.1 Å². The van der Waals surface area contributed by atoms with Gasteiger partial charge in [0.1, 0.15) is 0 Å². The van der Waals surface area contributed by atoms with Gasteiger partial charge in [-0.25, -0.2) is 0 Å². The quantitative estimate of drug-likeness (QED) is 0.0337. The van der Waals surface area contributed by atoms with Crippen molar-refractivity contribution in [3.8, 4) is 0 Å². The van der Waals surface area contributed by atoms with Crippen molar-refractivity contribution in [3.63, 3.8) is 0 Å². The maximum atomic E-state index is 12.2. The van der Waals surface area contributed by atoms with Gasteiger partial charge in [-0.2, -0.15) is 0 Å². The Kier molecular flexibility index (Phi) is 68.0. The number of esters is 4. The van der Waals surface area contributed by atoms with E-state index in [0.717, 1.165) is 76.0 Å². The van der Waals surface area contributed by atoms with E-state index in [1.807, 2.05) is 0 Å². The van der Waals surface area contributed by atoms with Crippen LogP contribution in [0.3, 0.4) is 0 Å². The van der Waals surface area contributed by atoms with E-state index in [1.54, 1.807) is 0 Å². The van der Waals surface area contributed by atoms with Gasteiger partial charge in [-0.3, -0.25) is 19.2 Å². The normalized spacial score (nSPS) is 12.1. The first-order valence-corrected chi connectivity index (χ1v) is 36.6. The molecule has 0 rings (SSSR count). The second kappa shape index (κ2) is 68.0. The summed E-state index contributed by atoms with van der Waals surface area (Å²) in [6.07, 6.45) is 64.5. The summed E-state index contributed by atoms with van der Waals surface area (Å²) < 4.78 is 21.7. The molecule has 0 radical (unpaired) electrons. The monoisotopic (exact) mass is 1160 g/mol. The summed E-state index contributed by atoms with van der Waals surface area (Å²) >= 11 is 0. The van der Waals surface area contributed by atoms with Crippen LogP contribution in [0.2, 0.25) is 0 Å². The molecule has 2 atom stereocenters. The lowest BCUT2D eigenvalue weighted by atomic mass is 9.95. The van der Waals surface area contributed by atoms with Crippen LogP contribution in [-0.4, -0.2) is 50.3 Å². The standard InChI is InChI=1S/2C37H72O4/c1-6-35(32-37(39)41-31-25-19-21-27-34(4)5)28-22-16-14-12-10-8-7-9-11-13-15-17-23-29-36(38)40-30-24-18-20-26-33(2)3;1-4-7-9-11-24-28-32-40-36(38)31-27-23-21-19-17-15-13-14-16-18-20-22-26-30-35(6-3)34-37(39)41-33-29-25-12-10-8-5-2/h33-35H,6-32H2,1-5H3;35H,4-34H2,1-3H3. The molecule has 0 aliphatic carbocycles. The van der Waals surface area contributed by atoms with Crippen LogP contribution in [0.25, 0.3) is 0 Å². The number of hydrogen-bond acceptors (Lipinski definition) is 8. The summed E-state index contributed by atoms with van der Waals surface area (Å²) in [5.41, 5.74) is 0. The van der Waals surface area contributed by atoms with Crippen molar-refractivity contribution in [1.29, 1.82) is 0 Å². The van der Waals surface area contributed by atoms with Crippen molar-refractivity contribution in [2.75, 3.05) is 26.4 Å². The van der Waals surface area contributed by atoms with E-state index in [2.05, 4.69) is 55.4 Å². The van der Waals surface area contributed by atoms with Gasteiger partial charge in [0, 0.05) is 25.7 Å². The molecule has 0 aromatic heterocycles. The highest BCUT2D eigenvalue weighted by Gasteiger charge is 2.15. The number of unbranched alkanes of at least 4 members (excludes halogenated alkanes) is 38. The topological polar surface area (TPSA) is 105 Å². The van der Waals surface area contributed by atoms with Crippen LogP contribution < -0.4 is 0 Å². The van der Waals surface area contributed by atoms with Gasteiger partial charge in [0.25, 0.3) is 0 Å². The van der Waals surface area contributed by atoms with Crippen LogP contribution in [0.15, 0.2) is 0 Å². The Morgan fingerprint density at radius 2 is 0.451 bits per heavy atom. The molecule has 0 bridgehead atoms. The van der Waals surface area contributed by atoms with Crippen LogP contribution in [0, 0.1) is 23.7 Å². The van der Waals surface area contributed by atoms with Crippen molar-refractivity contribution in [3.05, 3.63) is 0 Å². The Bertz CT molecular complexity index is 1310. The minimum atomic E-state index is -0.00248. The third-order valence-corrected chi connectivity index (χ3v) is 17.0. The fourth-order valence-corrected chi connectivity index (χ4v) is 11.1. The average Bonchev–Trinajstić information content (AvgIpc) is 3.45. The van der Waals surface area contributed by atoms with E-state index in [4.69, 9.17) is 18.9 Å². The Morgan fingerprint density at radius 1 is 0.244 bits per heavy atom. The largest absolute Gasteiger partial charge is 0.466 e. The van der Waals surface area contributed by atoms with Gasteiger partial charge >= 0.3 is 23.9 Å². The van der Waals surface area contributed by atoms with E-state index in [0.29, 0.717) is 63.9 Å². The number of carbonyl (C=O) groups excluding carboxylic acids is 4. The van der Waals surface area contributed by atoms with Gasteiger partial charge in [-0.1, -0.05) is 325 Å². The van der Waals surface area contributed by atoms with Gasteiger partial charge in [-0.15, -0.1) is 0 Å². The van der Waals surface area contributed by atoms with Gasteiger partial charge in [0.15, 0.2) is 0 Å². The summed E-state index contributed by atoms with van der Waals surface area (Å²) in [5, 5.41) is 0. The van der Waals surface area contributed by atoms with Gasteiger partial charge in [0.2, 0.25) is 0 Å². The minimum absolute atomic E-state index is 0.00234. The molecule has 0 fully saturated rings. The first-order chi connectivity index (χ1) is 40.0. The highest BCUT2D eigenvalue weighted by Crippen LogP contribution is 2.22. The number of ether oxygens (including phenoxy) is 4. The maximum absolute atomic E-state index is 12.2. The molecule has 0 heterocycles. The molecule has 82 heavy (non-hydrogen) atoms. The summed E-state index contributed by atoms with van der Waals surface area (Å²) in [5.74, 6) is 2.56. The summed E-state index contributed by atoms with van der Waals surface area (Å²) in [6, 6.07) is 0. The third kappa shape index (κ3) is 68.7. The third-order valence-electron chi connectivity index (χ3n) is 17.0. The van der Waals surface area contributed by atoms with Crippen LogP contribution in [0.4, 0.5) is 0 Å². The molecule has 0 aliphatic rings. The first kappa shape index (κ1) is 81.9. The minimum Gasteiger partial charge on any atom is -0.466 e.